The number of amides is 2. The summed E-state index contributed by atoms with van der Waals surface area (Å²) in [5.74, 6) is 1.23. The van der Waals surface area contributed by atoms with Gasteiger partial charge in [-0.15, -0.1) is 0 Å². The number of benzene rings is 2. The second-order valence-corrected chi connectivity index (χ2v) is 9.30. The molecule has 2 aliphatic carbocycles. The Hall–Kier alpha value is -3.89. The van der Waals surface area contributed by atoms with Gasteiger partial charge in [-0.1, -0.05) is 0 Å². The predicted octanol–water partition coefficient (Wildman–Crippen LogP) is 4.88. The molecule has 11 heteroatoms. The number of ether oxygens (including phenoxy) is 2. The fourth-order valence-electron chi connectivity index (χ4n) is 4.74. The molecule has 0 saturated heterocycles. The Morgan fingerprint density at radius 3 is 1.28 bits per heavy atom. The fraction of sp³-hybridized carbons (Fsp3) is 0.480. The Bertz CT molecular complexity index is 962. The largest absolute Gasteiger partial charge is 0.490 e. The van der Waals surface area contributed by atoms with Crippen molar-refractivity contribution in [1.82, 2.24) is 10.6 Å². The third kappa shape index (κ3) is 7.06. The average molecular weight is 499 g/mol. The number of urea groups is 1. The van der Waals surface area contributed by atoms with Gasteiger partial charge in [0.15, 0.2) is 0 Å². The van der Waals surface area contributed by atoms with Crippen LogP contribution in [0.2, 0.25) is 0 Å². The molecule has 0 heterocycles. The number of nitro groups is 2. The van der Waals surface area contributed by atoms with E-state index in [9.17, 15) is 25.0 Å². The number of carbonyl (C=O) groups is 1. The highest BCUT2D eigenvalue weighted by Gasteiger charge is 2.27. The number of rotatable bonds is 8. The van der Waals surface area contributed by atoms with E-state index in [-0.39, 0.29) is 41.7 Å². The molecule has 2 amide bonds. The number of carbonyl (C=O) groups excluding carboxylic acids is 1. The minimum atomic E-state index is -0.437. The van der Waals surface area contributed by atoms with Gasteiger partial charge in [-0.2, -0.15) is 0 Å². The normalized spacial score (nSPS) is 23.8. The van der Waals surface area contributed by atoms with Crippen LogP contribution in [-0.4, -0.2) is 40.2 Å². The zero-order chi connectivity index (χ0) is 25.5. The lowest BCUT2D eigenvalue weighted by Crippen LogP contribution is -2.49. The Morgan fingerprint density at radius 2 is 0.972 bits per heavy atom. The number of hydrogen-bond acceptors (Lipinski definition) is 7. The van der Waals surface area contributed by atoms with Gasteiger partial charge in [-0.05, 0) is 75.6 Å². The van der Waals surface area contributed by atoms with Crippen molar-refractivity contribution in [1.29, 1.82) is 0 Å². The fourth-order valence-corrected chi connectivity index (χ4v) is 4.74. The zero-order valence-corrected chi connectivity index (χ0v) is 19.8. The molecule has 36 heavy (non-hydrogen) atoms. The van der Waals surface area contributed by atoms with Crippen molar-refractivity contribution in [2.75, 3.05) is 0 Å². The summed E-state index contributed by atoms with van der Waals surface area (Å²) in [4.78, 5) is 33.2. The summed E-state index contributed by atoms with van der Waals surface area (Å²) in [5, 5.41) is 27.7. The maximum atomic E-state index is 12.5. The van der Waals surface area contributed by atoms with Gasteiger partial charge in [0, 0.05) is 36.3 Å². The summed E-state index contributed by atoms with van der Waals surface area (Å²) >= 11 is 0. The van der Waals surface area contributed by atoms with Crippen LogP contribution in [0.4, 0.5) is 16.2 Å². The minimum absolute atomic E-state index is 0.0265. The van der Waals surface area contributed by atoms with Crippen LogP contribution in [0.3, 0.4) is 0 Å². The maximum absolute atomic E-state index is 12.5. The van der Waals surface area contributed by atoms with Gasteiger partial charge in [0.2, 0.25) is 0 Å². The van der Waals surface area contributed by atoms with E-state index in [0.717, 1.165) is 51.4 Å². The molecule has 0 unspecified atom stereocenters. The number of nitro benzene ring substituents is 2. The van der Waals surface area contributed by atoms with Crippen LogP contribution >= 0.6 is 0 Å². The van der Waals surface area contributed by atoms with Gasteiger partial charge in [-0.25, -0.2) is 4.79 Å². The van der Waals surface area contributed by atoms with Crippen molar-refractivity contribution in [2.24, 2.45) is 0 Å². The topological polar surface area (TPSA) is 146 Å². The summed E-state index contributed by atoms with van der Waals surface area (Å²) in [5.41, 5.74) is 0.0681. The summed E-state index contributed by atoms with van der Waals surface area (Å²) < 4.78 is 11.9. The molecule has 11 nitrogen and oxygen atoms in total. The number of nitrogens with one attached hydrogen (secondary N) is 2. The predicted molar refractivity (Wildman–Crippen MR) is 131 cm³/mol. The molecule has 2 aromatic rings. The second kappa shape index (κ2) is 11.7. The molecule has 2 aliphatic rings. The standard InChI is InChI=1S/C25H30N4O7/c30-25(26-17-1-9-21(10-2-17)35-23-13-5-19(6-14-23)28(31)32)27-18-3-11-22(12-4-18)36-24-15-7-20(8-16-24)29(33)34/h5-8,13-18,21-22H,1-4,9-12H2,(H2,26,27,30). The number of hydrogen-bond donors (Lipinski definition) is 2. The van der Waals surface area contributed by atoms with Gasteiger partial charge in [0.1, 0.15) is 11.5 Å². The van der Waals surface area contributed by atoms with Gasteiger partial charge in [0.25, 0.3) is 11.4 Å². The van der Waals surface area contributed by atoms with Crippen LogP contribution in [0.15, 0.2) is 48.5 Å². The Kier molecular flexibility index (Phi) is 8.19. The summed E-state index contributed by atoms with van der Waals surface area (Å²) in [6, 6.07) is 12.2. The SMILES string of the molecule is O=C(NC1CCC(Oc2ccc([N+](=O)[O-])cc2)CC1)NC1CCC(Oc2ccc([N+](=O)[O-])cc2)CC1. The molecule has 0 aromatic heterocycles. The molecule has 2 fully saturated rings. The van der Waals surface area contributed by atoms with Crippen molar-refractivity contribution in [3.63, 3.8) is 0 Å². The van der Waals surface area contributed by atoms with E-state index in [0.29, 0.717) is 11.5 Å². The van der Waals surface area contributed by atoms with E-state index >= 15 is 0 Å². The third-order valence-electron chi connectivity index (χ3n) is 6.72. The summed E-state index contributed by atoms with van der Waals surface area (Å²) in [6.45, 7) is 0. The highest BCUT2D eigenvalue weighted by Crippen LogP contribution is 2.27. The van der Waals surface area contributed by atoms with Crippen LogP contribution in [0.5, 0.6) is 11.5 Å². The van der Waals surface area contributed by atoms with Crippen LogP contribution in [0.1, 0.15) is 51.4 Å². The first-order chi connectivity index (χ1) is 17.4. The third-order valence-corrected chi connectivity index (χ3v) is 6.72. The van der Waals surface area contributed by atoms with E-state index in [4.69, 9.17) is 9.47 Å². The molecule has 2 aromatic carbocycles. The molecule has 2 saturated carbocycles. The van der Waals surface area contributed by atoms with Crippen molar-refractivity contribution in [3.05, 3.63) is 68.8 Å². The van der Waals surface area contributed by atoms with E-state index in [1.807, 2.05) is 0 Å². The van der Waals surface area contributed by atoms with E-state index in [2.05, 4.69) is 10.6 Å². The lowest BCUT2D eigenvalue weighted by atomic mass is 9.92. The van der Waals surface area contributed by atoms with Gasteiger partial charge >= 0.3 is 6.03 Å². The van der Waals surface area contributed by atoms with Gasteiger partial charge in [0.05, 0.1) is 22.1 Å². The summed E-state index contributed by atoms with van der Waals surface area (Å²) in [7, 11) is 0. The molecule has 0 aliphatic heterocycles. The molecule has 0 bridgehead atoms. The first-order valence-electron chi connectivity index (χ1n) is 12.2. The molecule has 2 N–H and O–H groups in total. The maximum Gasteiger partial charge on any atom is 0.315 e. The van der Waals surface area contributed by atoms with Gasteiger partial charge < -0.3 is 20.1 Å². The van der Waals surface area contributed by atoms with Gasteiger partial charge in [-0.3, -0.25) is 20.2 Å². The molecule has 0 atom stereocenters. The first kappa shape index (κ1) is 25.2. The lowest BCUT2D eigenvalue weighted by molar-refractivity contribution is -0.385. The van der Waals surface area contributed by atoms with E-state index in [1.54, 1.807) is 24.3 Å². The smallest absolute Gasteiger partial charge is 0.315 e. The molecular weight excluding hydrogens is 468 g/mol. The van der Waals surface area contributed by atoms with Crippen molar-refractivity contribution in [3.8, 4) is 11.5 Å². The number of nitrogens with zero attached hydrogens (tertiary/aromatic N) is 2. The van der Waals surface area contributed by atoms with Crippen LogP contribution in [-0.2, 0) is 0 Å². The van der Waals surface area contributed by atoms with E-state index in [1.165, 1.54) is 24.3 Å². The lowest BCUT2D eigenvalue weighted by Gasteiger charge is -2.32. The zero-order valence-electron chi connectivity index (χ0n) is 19.8. The average Bonchev–Trinajstić information content (AvgIpc) is 2.87. The minimum Gasteiger partial charge on any atom is -0.490 e. The monoisotopic (exact) mass is 498 g/mol. The quantitative estimate of drug-likeness (QED) is 0.389. The molecule has 0 spiro atoms. The summed E-state index contributed by atoms with van der Waals surface area (Å²) in [6.07, 6.45) is 6.47. The van der Waals surface area contributed by atoms with Crippen LogP contribution < -0.4 is 20.1 Å². The van der Waals surface area contributed by atoms with E-state index < -0.39 is 9.85 Å². The molecular formula is C25H30N4O7. The Balaban J connectivity index is 1.12. The Morgan fingerprint density at radius 1 is 0.639 bits per heavy atom. The van der Waals surface area contributed by atoms with Crippen LogP contribution in [0.25, 0.3) is 0 Å². The van der Waals surface area contributed by atoms with Crippen molar-refractivity contribution >= 4 is 17.4 Å². The molecule has 192 valence electrons. The second-order valence-electron chi connectivity index (χ2n) is 9.30. The Labute approximate surface area is 208 Å². The number of non-ortho nitro benzene ring substituents is 2. The first-order valence-corrected chi connectivity index (χ1v) is 12.2. The van der Waals surface area contributed by atoms with Crippen LogP contribution in [0, 0.1) is 20.2 Å². The highest BCUT2D eigenvalue weighted by atomic mass is 16.6. The molecule has 0 radical (unpaired) electrons. The molecule has 4 rings (SSSR count). The highest BCUT2D eigenvalue weighted by molar-refractivity contribution is 5.74. The van der Waals surface area contributed by atoms with Crippen molar-refractivity contribution < 1.29 is 24.1 Å². The van der Waals surface area contributed by atoms with Crippen molar-refractivity contribution in [2.45, 2.75) is 75.7 Å².